The number of primary amides is 1. The maximum absolute atomic E-state index is 14.1. The maximum Gasteiger partial charge on any atom is 0.322 e. The molecule has 1 aliphatic heterocycles. The minimum atomic E-state index is -0.982. The summed E-state index contributed by atoms with van der Waals surface area (Å²) in [6, 6.07) is 27.9. The van der Waals surface area contributed by atoms with E-state index in [1.807, 2.05) is 78.9 Å². The number of rotatable bonds is 16. The number of amides is 3. The number of piperidine rings is 1. The molecule has 5 rings (SSSR count). The number of likely N-dealkylation sites (tertiary alicyclic amines) is 1. The molecule has 0 spiro atoms. The molecule has 0 aliphatic carbocycles. The molecule has 53 heavy (non-hydrogen) atoms. The molecule has 3 N–H and O–H groups in total. The summed E-state index contributed by atoms with van der Waals surface area (Å²) in [6.45, 7) is 2.46. The van der Waals surface area contributed by atoms with E-state index in [1.54, 1.807) is 45.4 Å². The number of nitrogens with two attached hydrogens (primary N) is 1. The van der Waals surface area contributed by atoms with Gasteiger partial charge in [-0.2, -0.15) is 0 Å². The summed E-state index contributed by atoms with van der Waals surface area (Å²) in [6.07, 6.45) is 2.48. The van der Waals surface area contributed by atoms with Crippen molar-refractivity contribution in [3.8, 4) is 17.2 Å². The highest BCUT2D eigenvalue weighted by Gasteiger charge is 2.43. The number of hydrogen-bond acceptors (Lipinski definition) is 7. The molecule has 1 unspecified atom stereocenters. The smallest absolute Gasteiger partial charge is 0.322 e. The Morgan fingerprint density at radius 2 is 1.49 bits per heavy atom. The van der Waals surface area contributed by atoms with Crippen LogP contribution in [0.4, 0.5) is 10.5 Å². The molecule has 0 aromatic heterocycles. The minimum Gasteiger partial charge on any atom is -0.493 e. The normalized spacial score (nSPS) is 15.2. The highest BCUT2D eigenvalue weighted by molar-refractivity contribution is 6.42. The molecule has 3 amide bonds. The van der Waals surface area contributed by atoms with Gasteiger partial charge in [0.1, 0.15) is 0 Å². The molecule has 1 fully saturated rings. The van der Waals surface area contributed by atoms with Crippen LogP contribution in [0.3, 0.4) is 0 Å². The zero-order valence-corrected chi connectivity index (χ0v) is 32.2. The van der Waals surface area contributed by atoms with E-state index >= 15 is 0 Å². The number of benzene rings is 4. The van der Waals surface area contributed by atoms with Crippen LogP contribution in [-0.4, -0.2) is 76.4 Å². The van der Waals surface area contributed by atoms with E-state index in [1.165, 1.54) is 0 Å². The monoisotopic (exact) mass is 762 g/mol. The van der Waals surface area contributed by atoms with Crippen LogP contribution in [0, 0.1) is 0 Å². The zero-order valence-electron chi connectivity index (χ0n) is 30.7. The van der Waals surface area contributed by atoms with Gasteiger partial charge in [0.05, 0.1) is 55.5 Å². The van der Waals surface area contributed by atoms with Gasteiger partial charge in [-0.3, -0.25) is 4.79 Å². The second-order valence-electron chi connectivity index (χ2n) is 13.3. The van der Waals surface area contributed by atoms with Gasteiger partial charge in [0.25, 0.3) is 0 Å². The average Bonchev–Trinajstić information content (AvgIpc) is 3.18. The van der Waals surface area contributed by atoms with Crippen LogP contribution in [-0.2, 0) is 27.1 Å². The first-order chi connectivity index (χ1) is 25.6. The topological polar surface area (TPSA) is 116 Å². The molecule has 1 aliphatic rings. The van der Waals surface area contributed by atoms with Crippen LogP contribution >= 0.6 is 23.2 Å². The number of nitrogens with zero attached hydrogens (tertiary/aromatic N) is 2. The van der Waals surface area contributed by atoms with E-state index in [4.69, 9.17) is 47.9 Å². The zero-order chi connectivity index (χ0) is 38.0. The summed E-state index contributed by atoms with van der Waals surface area (Å²) >= 11 is 13.1. The number of carbonyl (C=O) groups is 2. The number of halogens is 2. The fourth-order valence-electron chi connectivity index (χ4n) is 7.21. The third kappa shape index (κ3) is 9.01. The Morgan fingerprint density at radius 3 is 2.06 bits per heavy atom. The van der Waals surface area contributed by atoms with Gasteiger partial charge in [0.2, 0.25) is 11.7 Å². The number of urea groups is 1. The van der Waals surface area contributed by atoms with Gasteiger partial charge in [0.15, 0.2) is 11.5 Å². The number of hydrogen-bond donors (Lipinski definition) is 2. The molecule has 1 heterocycles. The molecule has 0 radical (unpaired) electrons. The second-order valence-corrected chi connectivity index (χ2v) is 14.1. The van der Waals surface area contributed by atoms with E-state index < -0.39 is 11.0 Å². The molecule has 282 valence electrons. The number of carbonyl (C=O) groups excluding carboxylic acids is 2. The Hall–Kier alpha value is -4.48. The van der Waals surface area contributed by atoms with Crippen LogP contribution in [0.25, 0.3) is 0 Å². The summed E-state index contributed by atoms with van der Waals surface area (Å²) in [4.78, 5) is 31.0. The Labute approximate surface area is 322 Å². The Bertz CT molecular complexity index is 1810. The summed E-state index contributed by atoms with van der Waals surface area (Å²) in [7, 11) is 6.45. The molecule has 4 aromatic carbocycles. The number of nitrogens with one attached hydrogen (secondary N) is 1. The van der Waals surface area contributed by atoms with Gasteiger partial charge in [-0.1, -0.05) is 77.8 Å². The van der Waals surface area contributed by atoms with Crippen molar-refractivity contribution in [2.45, 2.75) is 43.2 Å². The van der Waals surface area contributed by atoms with E-state index in [2.05, 4.69) is 10.2 Å². The number of anilines is 1. The molecule has 0 bridgehead atoms. The average molecular weight is 764 g/mol. The molecular formula is C41H48Cl2N4O6. The van der Waals surface area contributed by atoms with Crippen LogP contribution in [0.1, 0.15) is 42.4 Å². The first-order valence-corrected chi connectivity index (χ1v) is 18.3. The third-order valence-corrected chi connectivity index (χ3v) is 11.1. The third-order valence-electron chi connectivity index (χ3n) is 10.3. The van der Waals surface area contributed by atoms with E-state index in [-0.39, 0.29) is 25.2 Å². The van der Waals surface area contributed by atoms with Gasteiger partial charge < -0.3 is 39.8 Å². The lowest BCUT2D eigenvalue weighted by atomic mass is 9.72. The van der Waals surface area contributed by atoms with Gasteiger partial charge >= 0.3 is 6.03 Å². The number of likely N-dealkylation sites (N-methyl/N-ethyl adjacent to an activating group) is 1. The summed E-state index contributed by atoms with van der Waals surface area (Å²) in [5, 5.41) is 3.82. The van der Waals surface area contributed by atoms with E-state index in [0.717, 1.165) is 23.2 Å². The fraction of sp³-hybridized carbons (Fsp3) is 0.366. The van der Waals surface area contributed by atoms with Gasteiger partial charge in [-0.25, -0.2) is 4.79 Å². The predicted molar refractivity (Wildman–Crippen MR) is 209 cm³/mol. The van der Waals surface area contributed by atoms with Crippen molar-refractivity contribution in [2.24, 2.45) is 5.73 Å². The molecule has 10 nitrogen and oxygen atoms in total. The first-order valence-electron chi connectivity index (χ1n) is 17.6. The van der Waals surface area contributed by atoms with Crippen LogP contribution < -0.4 is 25.3 Å². The minimum absolute atomic E-state index is 0.124. The highest BCUT2D eigenvalue weighted by atomic mass is 35.5. The molecule has 0 saturated carbocycles. The fourth-order valence-corrected chi connectivity index (χ4v) is 7.51. The van der Waals surface area contributed by atoms with Gasteiger partial charge in [0, 0.05) is 12.7 Å². The molecule has 1 atom stereocenters. The molecule has 1 saturated heterocycles. The summed E-state index contributed by atoms with van der Waals surface area (Å²) in [5.41, 5.74) is 7.54. The summed E-state index contributed by atoms with van der Waals surface area (Å²) < 4.78 is 23.2. The standard InChI is InChI=1S/C41H48Cl2N4O6/c1-46(39(49)45-32-14-9-6-10-15-32)41(31-16-17-33(42)34(43)26-31,28-53-27-29-24-35(50-2)37(52-4)36(25-29)51-3)18-11-21-47-22-19-40(20-23-47,38(44)48)30-12-7-5-8-13-30/h5-10,12-17,24-26H,11,18-23,27-28H2,1-4H3,(H2,44,48)(H,45,49). The van der Waals surface area contributed by atoms with E-state index in [9.17, 15) is 9.59 Å². The number of methoxy groups -OCH3 is 3. The van der Waals surface area contributed by atoms with Crippen molar-refractivity contribution in [2.75, 3.05) is 59.9 Å². The lowest BCUT2D eigenvalue weighted by molar-refractivity contribution is -0.125. The van der Waals surface area contributed by atoms with Gasteiger partial charge in [-0.05, 0) is 98.4 Å². The lowest BCUT2D eigenvalue weighted by Gasteiger charge is -2.43. The highest BCUT2D eigenvalue weighted by Crippen LogP contribution is 2.41. The second kappa shape index (κ2) is 18.0. The van der Waals surface area contributed by atoms with Crippen molar-refractivity contribution in [3.63, 3.8) is 0 Å². The Kier molecular flexibility index (Phi) is 13.5. The maximum atomic E-state index is 14.1. The SMILES string of the molecule is COc1cc(COCC(CCCN2CCC(C(N)=O)(c3ccccc3)CC2)(c2ccc(Cl)c(Cl)c2)N(C)C(=O)Nc2ccccc2)cc(OC)c1OC. The van der Waals surface area contributed by atoms with Crippen LogP contribution in [0.2, 0.25) is 10.0 Å². The predicted octanol–water partition coefficient (Wildman–Crippen LogP) is 7.89. The van der Waals surface area contributed by atoms with Crippen molar-refractivity contribution in [1.82, 2.24) is 9.80 Å². The quantitative estimate of drug-likeness (QED) is 0.119. The van der Waals surface area contributed by atoms with E-state index in [0.29, 0.717) is 71.8 Å². The molecule has 12 heteroatoms. The number of ether oxygens (including phenoxy) is 4. The van der Waals surface area contributed by atoms with Crippen molar-refractivity contribution in [1.29, 1.82) is 0 Å². The largest absolute Gasteiger partial charge is 0.493 e. The summed E-state index contributed by atoms with van der Waals surface area (Å²) in [5.74, 6) is 1.21. The molecule has 4 aromatic rings. The molecular weight excluding hydrogens is 715 g/mol. The van der Waals surface area contributed by atoms with Crippen molar-refractivity contribution >= 4 is 40.8 Å². The lowest BCUT2D eigenvalue weighted by Crippen LogP contribution is -2.53. The van der Waals surface area contributed by atoms with Crippen LogP contribution in [0.15, 0.2) is 91.0 Å². The first kappa shape index (κ1) is 39.7. The van der Waals surface area contributed by atoms with Crippen molar-refractivity contribution in [3.05, 3.63) is 118 Å². The Morgan fingerprint density at radius 1 is 0.868 bits per heavy atom. The van der Waals surface area contributed by atoms with Gasteiger partial charge in [-0.15, -0.1) is 0 Å². The van der Waals surface area contributed by atoms with Crippen LogP contribution in [0.5, 0.6) is 17.2 Å². The Balaban J connectivity index is 1.42. The number of para-hydroxylation sites is 1. The van der Waals surface area contributed by atoms with Crippen molar-refractivity contribution < 1.29 is 28.5 Å².